The molecule has 12 heavy (non-hydrogen) atoms. The molecule has 62 valence electrons. The fraction of sp³-hybridized carbons (Fsp3) is 0.222. The molecule has 0 N–H and O–H groups in total. The molecule has 1 aromatic carbocycles. The molecule has 0 aliphatic carbocycles. The maximum absolute atomic E-state index is 10.3. The highest BCUT2D eigenvalue weighted by Crippen LogP contribution is 2.14. The smallest absolute Gasteiger partial charge is 0.237 e. The predicted molar refractivity (Wildman–Crippen MR) is 42.3 cm³/mol. The number of carbonyl (C=O) groups excluding carboxylic acids is 1. The van der Waals surface area contributed by atoms with Gasteiger partial charge in [0.25, 0.3) is 0 Å². The summed E-state index contributed by atoms with van der Waals surface area (Å²) in [5.41, 5.74) is 0.353. The molecule has 0 heterocycles. The first-order valence-corrected chi connectivity index (χ1v) is 3.56. The molecule has 0 amide bonds. The van der Waals surface area contributed by atoms with Crippen LogP contribution in [0.15, 0.2) is 24.3 Å². The van der Waals surface area contributed by atoms with Gasteiger partial charge in [-0.05, 0) is 12.1 Å². The lowest BCUT2D eigenvalue weighted by atomic mass is 10.2. The first-order valence-electron chi connectivity index (χ1n) is 3.56. The highest BCUT2D eigenvalue weighted by atomic mass is 16.5. The van der Waals surface area contributed by atoms with Gasteiger partial charge >= 0.3 is 0 Å². The summed E-state index contributed by atoms with van der Waals surface area (Å²) < 4.78 is 5.00. The molecule has 0 aromatic heterocycles. The van der Waals surface area contributed by atoms with Gasteiger partial charge in [0.2, 0.25) is 6.29 Å². The first kappa shape index (κ1) is 8.74. The summed E-state index contributed by atoms with van der Waals surface area (Å²) in [5, 5.41) is 10.1. The standard InChI is InChI=1S/C9H8O3/c10-5-6-12-9-4-2-1-3-8(9)7-11/h1-4H,5-6H2. The number of ether oxygens (including phenoxy) is 1. The highest BCUT2D eigenvalue weighted by Gasteiger charge is 2.00. The van der Waals surface area contributed by atoms with Crippen LogP contribution in [0, 0.1) is 0 Å². The Morgan fingerprint density at radius 1 is 1.33 bits per heavy atom. The molecule has 0 saturated heterocycles. The molecule has 0 aliphatic rings. The second-order valence-corrected chi connectivity index (χ2v) is 2.15. The zero-order valence-corrected chi connectivity index (χ0v) is 6.45. The quantitative estimate of drug-likeness (QED) is 0.665. The van der Waals surface area contributed by atoms with Crippen LogP contribution in [0.2, 0.25) is 0 Å². The molecule has 0 spiro atoms. The lowest BCUT2D eigenvalue weighted by molar-refractivity contribution is 0.138. The lowest BCUT2D eigenvalue weighted by Crippen LogP contribution is -2.02. The van der Waals surface area contributed by atoms with Crippen LogP contribution >= 0.6 is 0 Å². The molecule has 1 rings (SSSR count). The lowest BCUT2D eigenvalue weighted by Gasteiger charge is -2.04. The normalized spacial score (nSPS) is 9.42. The summed E-state index contributed by atoms with van der Waals surface area (Å²) in [6.45, 7) is -0.230. The Labute approximate surface area is 70.6 Å². The maximum Gasteiger partial charge on any atom is 0.237 e. The van der Waals surface area contributed by atoms with Crippen molar-refractivity contribution in [1.29, 1.82) is 0 Å². The van der Waals surface area contributed by atoms with Crippen molar-refractivity contribution >= 4 is 6.29 Å². The minimum absolute atomic E-state index is 0.0820. The summed E-state index contributed by atoms with van der Waals surface area (Å²) in [6.07, 6.45) is 1.73. The van der Waals surface area contributed by atoms with Crippen molar-refractivity contribution in [3.8, 4) is 5.75 Å². The van der Waals surface area contributed by atoms with Gasteiger partial charge in [-0.1, -0.05) is 12.1 Å². The number of hydrogen-bond acceptors (Lipinski definition) is 2. The Kier molecular flexibility index (Phi) is 3.29. The average Bonchev–Trinajstić information content (AvgIpc) is 2.15. The fourth-order valence-electron chi connectivity index (χ4n) is 0.828. The molecular formula is C9H8O3. The SMILES string of the molecule is [O]CCOc1ccccc1[C]=O. The van der Waals surface area contributed by atoms with E-state index in [1.807, 2.05) is 0 Å². The third kappa shape index (κ3) is 2.07. The molecular weight excluding hydrogens is 156 g/mol. The van der Waals surface area contributed by atoms with E-state index in [4.69, 9.17) is 4.74 Å². The monoisotopic (exact) mass is 164 g/mol. The molecule has 0 bridgehead atoms. The summed E-state index contributed by atoms with van der Waals surface area (Å²) in [6, 6.07) is 6.67. The summed E-state index contributed by atoms with van der Waals surface area (Å²) in [7, 11) is 0. The van der Waals surface area contributed by atoms with Gasteiger partial charge in [0.05, 0.1) is 5.56 Å². The van der Waals surface area contributed by atoms with E-state index in [9.17, 15) is 9.90 Å². The highest BCUT2D eigenvalue weighted by molar-refractivity contribution is 5.79. The van der Waals surface area contributed by atoms with Crippen molar-refractivity contribution in [3.05, 3.63) is 29.8 Å². The number of benzene rings is 1. The van der Waals surface area contributed by atoms with Crippen LogP contribution < -0.4 is 4.74 Å². The van der Waals surface area contributed by atoms with Gasteiger partial charge in [0, 0.05) is 0 Å². The predicted octanol–water partition coefficient (Wildman–Crippen LogP) is 0.954. The Bertz CT molecular complexity index is 258. The van der Waals surface area contributed by atoms with Crippen LogP contribution in [-0.2, 0) is 9.90 Å². The first-order chi connectivity index (χ1) is 5.88. The molecule has 3 nitrogen and oxygen atoms in total. The van der Waals surface area contributed by atoms with Crippen molar-refractivity contribution in [2.75, 3.05) is 13.2 Å². The van der Waals surface area contributed by atoms with Crippen LogP contribution in [0.4, 0.5) is 0 Å². The second-order valence-electron chi connectivity index (χ2n) is 2.15. The van der Waals surface area contributed by atoms with E-state index in [2.05, 4.69) is 0 Å². The molecule has 0 atom stereocenters. The second kappa shape index (κ2) is 4.51. The van der Waals surface area contributed by atoms with Gasteiger partial charge in [0.1, 0.15) is 19.0 Å². The fourth-order valence-corrected chi connectivity index (χ4v) is 0.828. The van der Waals surface area contributed by atoms with Gasteiger partial charge in [-0.2, -0.15) is 0 Å². The van der Waals surface area contributed by atoms with Crippen molar-refractivity contribution < 1.29 is 14.6 Å². The minimum atomic E-state index is -0.312. The Morgan fingerprint density at radius 3 is 2.75 bits per heavy atom. The van der Waals surface area contributed by atoms with E-state index in [1.54, 1.807) is 30.6 Å². The molecule has 2 radical (unpaired) electrons. The zero-order chi connectivity index (χ0) is 8.81. The Balaban J connectivity index is 2.75. The van der Waals surface area contributed by atoms with E-state index in [-0.39, 0.29) is 13.2 Å². The molecule has 0 saturated carbocycles. The third-order valence-electron chi connectivity index (χ3n) is 1.34. The number of rotatable bonds is 4. The van der Waals surface area contributed by atoms with Crippen LogP contribution in [0.1, 0.15) is 5.56 Å². The van der Waals surface area contributed by atoms with Crippen molar-refractivity contribution in [3.63, 3.8) is 0 Å². The summed E-state index contributed by atoms with van der Waals surface area (Å²) >= 11 is 0. The van der Waals surface area contributed by atoms with Crippen LogP contribution in [0.5, 0.6) is 5.75 Å². The Morgan fingerprint density at radius 2 is 2.08 bits per heavy atom. The molecule has 0 aliphatic heterocycles. The van der Waals surface area contributed by atoms with Gasteiger partial charge in [-0.25, -0.2) is 5.11 Å². The largest absolute Gasteiger partial charge is 0.490 e. The number of hydrogen-bond donors (Lipinski definition) is 0. The van der Waals surface area contributed by atoms with Gasteiger partial charge < -0.3 is 4.74 Å². The molecule has 0 unspecified atom stereocenters. The minimum Gasteiger partial charge on any atom is -0.490 e. The van der Waals surface area contributed by atoms with E-state index in [0.29, 0.717) is 11.3 Å². The van der Waals surface area contributed by atoms with Crippen LogP contribution in [0.3, 0.4) is 0 Å². The van der Waals surface area contributed by atoms with Crippen molar-refractivity contribution in [2.24, 2.45) is 0 Å². The van der Waals surface area contributed by atoms with E-state index in [0.717, 1.165) is 0 Å². The van der Waals surface area contributed by atoms with Crippen molar-refractivity contribution in [1.82, 2.24) is 0 Å². The van der Waals surface area contributed by atoms with Gasteiger partial charge in [0.15, 0.2) is 0 Å². The van der Waals surface area contributed by atoms with E-state index >= 15 is 0 Å². The van der Waals surface area contributed by atoms with Crippen molar-refractivity contribution in [2.45, 2.75) is 0 Å². The van der Waals surface area contributed by atoms with Gasteiger partial charge in [-0.15, -0.1) is 0 Å². The third-order valence-corrected chi connectivity index (χ3v) is 1.34. The summed E-state index contributed by atoms with van der Waals surface area (Å²) in [5.74, 6) is 0.420. The zero-order valence-electron chi connectivity index (χ0n) is 6.45. The molecule has 1 aromatic rings. The van der Waals surface area contributed by atoms with Crippen LogP contribution in [-0.4, -0.2) is 19.5 Å². The molecule has 0 fully saturated rings. The van der Waals surface area contributed by atoms with Crippen LogP contribution in [0.25, 0.3) is 0 Å². The van der Waals surface area contributed by atoms with E-state index in [1.165, 1.54) is 0 Å². The average molecular weight is 164 g/mol. The topological polar surface area (TPSA) is 46.2 Å². The van der Waals surface area contributed by atoms with E-state index < -0.39 is 0 Å². The Hall–Kier alpha value is -1.35. The molecule has 3 heteroatoms. The number of para-hydroxylation sites is 1. The summed E-state index contributed by atoms with van der Waals surface area (Å²) in [4.78, 5) is 10.3. The van der Waals surface area contributed by atoms with Gasteiger partial charge in [-0.3, -0.25) is 4.79 Å². The maximum atomic E-state index is 10.3.